The van der Waals surface area contributed by atoms with Gasteiger partial charge < -0.3 is 9.47 Å². The Hall–Kier alpha value is -3.65. The van der Waals surface area contributed by atoms with Gasteiger partial charge in [0.2, 0.25) is 0 Å². The van der Waals surface area contributed by atoms with Crippen LogP contribution in [0.2, 0.25) is 0 Å². The minimum atomic E-state index is -5.55. The molecule has 3 aromatic carbocycles. The van der Waals surface area contributed by atoms with E-state index in [4.69, 9.17) is 0 Å². The average Bonchev–Trinajstić information content (AvgIpc) is 2.89. The third-order valence-corrected chi connectivity index (χ3v) is 7.72. The summed E-state index contributed by atoms with van der Waals surface area (Å²) < 4.78 is 193. The van der Waals surface area contributed by atoms with E-state index in [1.807, 2.05) is 6.92 Å². The molecule has 0 atom stereocenters. The number of hydrogen-bond acceptors (Lipinski definition) is 2. The smallest absolute Gasteiger partial charge is 0.432 e. The Bertz CT molecular complexity index is 1490. The van der Waals surface area contributed by atoms with Crippen LogP contribution < -0.4 is 9.47 Å². The van der Waals surface area contributed by atoms with Crippen molar-refractivity contribution in [1.29, 1.82) is 0 Å². The summed E-state index contributed by atoms with van der Waals surface area (Å²) in [6.07, 6.45) is -10.3. The molecule has 0 unspecified atom stereocenters. The van der Waals surface area contributed by atoms with Crippen LogP contribution in [0.1, 0.15) is 63.0 Å². The van der Waals surface area contributed by atoms with Crippen molar-refractivity contribution in [2.45, 2.75) is 70.3 Å². The summed E-state index contributed by atoms with van der Waals surface area (Å²) in [4.78, 5) is 0. The maximum Gasteiger partial charge on any atom is 0.432 e. The van der Waals surface area contributed by atoms with Crippen LogP contribution in [0.25, 0.3) is 11.1 Å². The van der Waals surface area contributed by atoms with Gasteiger partial charge in [-0.2, -0.15) is 30.7 Å². The Balaban J connectivity index is 1.55. The zero-order valence-corrected chi connectivity index (χ0v) is 23.8. The number of ether oxygens (including phenoxy) is 2. The Labute approximate surface area is 254 Å². The van der Waals surface area contributed by atoms with Gasteiger partial charge in [0.1, 0.15) is 57.5 Å². The molecule has 15 heteroatoms. The van der Waals surface area contributed by atoms with E-state index in [0.717, 1.165) is 19.3 Å². The molecule has 0 amide bonds. The molecule has 1 saturated carbocycles. The van der Waals surface area contributed by atoms with Crippen molar-refractivity contribution in [2.75, 3.05) is 0 Å². The summed E-state index contributed by atoms with van der Waals surface area (Å²) in [5.74, 6) is -15.8. The van der Waals surface area contributed by atoms with Crippen molar-refractivity contribution >= 4 is 0 Å². The zero-order chi connectivity index (χ0) is 34.2. The summed E-state index contributed by atoms with van der Waals surface area (Å²) in [5, 5.41) is 0. The van der Waals surface area contributed by atoms with Gasteiger partial charge in [0.25, 0.3) is 0 Å². The highest BCUT2D eigenvalue weighted by atomic mass is 19.4. The van der Waals surface area contributed by atoms with E-state index in [2.05, 4.69) is 9.47 Å². The van der Waals surface area contributed by atoms with Crippen LogP contribution >= 0.6 is 0 Å². The van der Waals surface area contributed by atoms with Gasteiger partial charge >= 0.3 is 18.4 Å². The topological polar surface area (TPSA) is 18.5 Å². The van der Waals surface area contributed by atoms with E-state index in [1.54, 1.807) is 0 Å². The van der Waals surface area contributed by atoms with Gasteiger partial charge in [-0.05, 0) is 49.3 Å². The van der Waals surface area contributed by atoms with Crippen molar-refractivity contribution in [3.8, 4) is 22.6 Å². The Morgan fingerprint density at radius 1 is 0.609 bits per heavy atom. The van der Waals surface area contributed by atoms with Crippen molar-refractivity contribution in [2.24, 2.45) is 11.8 Å². The third kappa shape index (κ3) is 7.65. The predicted octanol–water partition coefficient (Wildman–Crippen LogP) is 11.3. The summed E-state index contributed by atoms with van der Waals surface area (Å²) in [6.45, 7) is 2.01. The lowest BCUT2D eigenvalue weighted by Crippen LogP contribution is -2.37. The second-order valence-corrected chi connectivity index (χ2v) is 11.0. The maximum atomic E-state index is 14.9. The molecule has 252 valence electrons. The van der Waals surface area contributed by atoms with Crippen molar-refractivity contribution < 1.29 is 66.5 Å². The number of unbranched alkanes of at least 4 members (excludes halogenated alkanes) is 1. The first-order valence-electron chi connectivity index (χ1n) is 14.0. The summed E-state index contributed by atoms with van der Waals surface area (Å²) in [7, 11) is 0. The average molecular weight is 677 g/mol. The van der Waals surface area contributed by atoms with E-state index < -0.39 is 93.0 Å². The van der Waals surface area contributed by atoms with E-state index in [0.29, 0.717) is 25.0 Å². The molecule has 1 aliphatic rings. The molecule has 3 aromatic rings. The van der Waals surface area contributed by atoms with E-state index in [-0.39, 0.29) is 43.0 Å². The van der Waals surface area contributed by atoms with Crippen LogP contribution in [0, 0.1) is 46.7 Å². The second-order valence-electron chi connectivity index (χ2n) is 11.0. The quantitative estimate of drug-likeness (QED) is 0.199. The second kappa shape index (κ2) is 13.2. The van der Waals surface area contributed by atoms with Gasteiger partial charge in [-0.3, -0.25) is 0 Å². The first-order valence-corrected chi connectivity index (χ1v) is 14.0. The molecular weight excluding hydrogens is 651 g/mol. The molecule has 0 heterocycles. The predicted molar refractivity (Wildman–Crippen MR) is 138 cm³/mol. The van der Waals surface area contributed by atoms with Gasteiger partial charge in [-0.1, -0.05) is 26.2 Å². The Morgan fingerprint density at radius 2 is 1.07 bits per heavy atom. The highest BCUT2D eigenvalue weighted by molar-refractivity contribution is 5.66. The van der Waals surface area contributed by atoms with Crippen LogP contribution in [0.3, 0.4) is 0 Å². The van der Waals surface area contributed by atoms with Gasteiger partial charge in [0, 0.05) is 24.3 Å². The molecular formula is C31H25F13O2. The standard InChI is InChI=1S/C31H25F13O2/c1-2-3-4-15-5-7-17(8-6-15)30(41,42)45-18-11-20(32)26(21(33)12-18)16-9-22(34)28(23(35)10-16)31(43,44)46-19-13-24(36)27(25(37)14-19)29(38,39)40/h9-15,17H,2-8H2,1H3. The normalized spacial score (nSPS) is 17.7. The van der Waals surface area contributed by atoms with Crippen LogP contribution in [-0.4, -0.2) is 6.11 Å². The lowest BCUT2D eigenvalue weighted by atomic mass is 9.79. The summed E-state index contributed by atoms with van der Waals surface area (Å²) in [6, 6.07) is 0.151. The third-order valence-electron chi connectivity index (χ3n) is 7.72. The Kier molecular flexibility index (Phi) is 10.1. The molecule has 0 radical (unpaired) electrons. The fourth-order valence-corrected chi connectivity index (χ4v) is 5.48. The minimum absolute atomic E-state index is 0.0389. The monoisotopic (exact) mass is 676 g/mol. The van der Waals surface area contributed by atoms with Gasteiger partial charge in [-0.25, -0.2) is 26.3 Å². The molecule has 0 bridgehead atoms. The number of benzene rings is 3. The zero-order valence-electron chi connectivity index (χ0n) is 23.8. The SMILES string of the molecule is CCCCC1CCC(C(F)(F)Oc2cc(F)c(-c3cc(F)c(C(F)(F)Oc4cc(F)c(C(F)(F)F)c(F)c4)c(F)c3)c(F)c2)CC1. The molecule has 0 spiro atoms. The highest BCUT2D eigenvalue weighted by Crippen LogP contribution is 2.43. The first-order chi connectivity index (χ1) is 21.3. The van der Waals surface area contributed by atoms with Gasteiger partial charge in [0.15, 0.2) is 0 Å². The van der Waals surface area contributed by atoms with Crippen LogP contribution in [0.5, 0.6) is 11.5 Å². The van der Waals surface area contributed by atoms with E-state index in [9.17, 15) is 57.1 Å². The van der Waals surface area contributed by atoms with E-state index >= 15 is 0 Å². The lowest BCUT2D eigenvalue weighted by Gasteiger charge is -2.33. The minimum Gasteiger partial charge on any atom is -0.432 e. The Morgan fingerprint density at radius 3 is 1.54 bits per heavy atom. The van der Waals surface area contributed by atoms with Crippen molar-refractivity contribution in [3.63, 3.8) is 0 Å². The number of halogens is 13. The fraction of sp³-hybridized carbons (Fsp3) is 0.419. The molecule has 1 aliphatic carbocycles. The number of hydrogen-bond donors (Lipinski definition) is 0. The molecule has 0 N–H and O–H groups in total. The lowest BCUT2D eigenvalue weighted by molar-refractivity contribution is -0.223. The van der Waals surface area contributed by atoms with Gasteiger partial charge in [-0.15, -0.1) is 0 Å². The molecule has 1 fully saturated rings. The van der Waals surface area contributed by atoms with E-state index in [1.165, 1.54) is 0 Å². The summed E-state index contributed by atoms with van der Waals surface area (Å²) in [5.41, 5.74) is -6.85. The molecule has 2 nitrogen and oxygen atoms in total. The largest absolute Gasteiger partial charge is 0.432 e. The number of alkyl halides is 7. The maximum absolute atomic E-state index is 14.9. The summed E-state index contributed by atoms with van der Waals surface area (Å²) >= 11 is 0. The van der Waals surface area contributed by atoms with Crippen molar-refractivity contribution in [1.82, 2.24) is 0 Å². The highest BCUT2D eigenvalue weighted by Gasteiger charge is 2.45. The molecule has 4 rings (SSSR count). The fourth-order valence-electron chi connectivity index (χ4n) is 5.48. The molecule has 46 heavy (non-hydrogen) atoms. The molecule has 0 aliphatic heterocycles. The van der Waals surface area contributed by atoms with Crippen LogP contribution in [-0.2, 0) is 12.3 Å². The van der Waals surface area contributed by atoms with Crippen LogP contribution in [0.15, 0.2) is 36.4 Å². The molecule has 0 saturated heterocycles. The number of rotatable bonds is 10. The van der Waals surface area contributed by atoms with Crippen molar-refractivity contribution in [3.05, 3.63) is 82.4 Å². The first kappa shape index (κ1) is 35.2. The van der Waals surface area contributed by atoms with Crippen LogP contribution in [0.4, 0.5) is 57.1 Å². The molecule has 0 aromatic heterocycles. The van der Waals surface area contributed by atoms with Gasteiger partial charge in [0.05, 0.1) is 11.5 Å².